The summed E-state index contributed by atoms with van der Waals surface area (Å²) < 4.78 is 62.2. The fourth-order valence-electron chi connectivity index (χ4n) is 1.97. The Hall–Kier alpha value is -1.67. The molecule has 0 heterocycles. The van der Waals surface area contributed by atoms with Crippen LogP contribution in [-0.2, 0) is 9.47 Å². The van der Waals surface area contributed by atoms with E-state index in [1.165, 1.54) is 24.3 Å². The second-order valence-corrected chi connectivity index (χ2v) is 5.12. The van der Waals surface area contributed by atoms with Gasteiger partial charge < -0.3 is 14.6 Å². The van der Waals surface area contributed by atoms with Crippen molar-refractivity contribution in [3.63, 3.8) is 0 Å². The molecule has 1 N–H and O–H groups in total. The number of halogens is 4. The van der Waals surface area contributed by atoms with E-state index in [9.17, 15) is 27.5 Å². The third-order valence-electron chi connectivity index (χ3n) is 3.19. The van der Waals surface area contributed by atoms with Gasteiger partial charge in [0.2, 0.25) is 6.10 Å². The molecule has 1 aromatic carbocycles. The standard InChI is InChI=1S/C16H20F4O4/c1-2-23-9-8-12(21)10-13(17)14(16(18,19)20)24-15(22)11-6-4-3-5-7-11/h3-7,12-14,21H,2,8-10H2,1H3. The molecule has 3 unspecified atom stereocenters. The number of hydrogen-bond acceptors (Lipinski definition) is 4. The summed E-state index contributed by atoms with van der Waals surface area (Å²) in [5.41, 5.74) is -0.115. The van der Waals surface area contributed by atoms with Crippen LogP contribution in [0.4, 0.5) is 17.6 Å². The summed E-state index contributed by atoms with van der Waals surface area (Å²) in [6.07, 6.45) is -12.7. The summed E-state index contributed by atoms with van der Waals surface area (Å²) >= 11 is 0. The Kier molecular flexibility index (Phi) is 8.14. The smallest absolute Gasteiger partial charge is 0.428 e. The van der Waals surface area contributed by atoms with Gasteiger partial charge in [0.25, 0.3) is 0 Å². The highest BCUT2D eigenvalue weighted by molar-refractivity contribution is 5.89. The summed E-state index contributed by atoms with van der Waals surface area (Å²) in [5.74, 6) is -1.27. The zero-order valence-corrected chi connectivity index (χ0v) is 13.1. The Morgan fingerprint density at radius 3 is 2.42 bits per heavy atom. The number of hydrogen-bond donors (Lipinski definition) is 1. The van der Waals surface area contributed by atoms with Crippen LogP contribution in [0.5, 0.6) is 0 Å². The molecule has 1 rings (SSSR count). The van der Waals surface area contributed by atoms with Gasteiger partial charge in [0, 0.05) is 19.6 Å². The van der Waals surface area contributed by atoms with Crippen LogP contribution in [0.25, 0.3) is 0 Å². The van der Waals surface area contributed by atoms with Gasteiger partial charge in [-0.2, -0.15) is 13.2 Å². The van der Waals surface area contributed by atoms with E-state index < -0.39 is 36.9 Å². The van der Waals surface area contributed by atoms with Crippen molar-refractivity contribution in [2.45, 2.75) is 44.3 Å². The van der Waals surface area contributed by atoms with Gasteiger partial charge in [-0.1, -0.05) is 18.2 Å². The molecule has 0 fully saturated rings. The van der Waals surface area contributed by atoms with E-state index in [2.05, 4.69) is 4.74 Å². The maximum absolute atomic E-state index is 14.0. The third kappa shape index (κ3) is 6.84. The van der Waals surface area contributed by atoms with Crippen molar-refractivity contribution in [3.05, 3.63) is 35.9 Å². The van der Waals surface area contributed by atoms with Crippen molar-refractivity contribution < 1.29 is 36.9 Å². The second kappa shape index (κ2) is 9.58. The van der Waals surface area contributed by atoms with Gasteiger partial charge in [0.05, 0.1) is 11.7 Å². The van der Waals surface area contributed by atoms with Gasteiger partial charge >= 0.3 is 12.1 Å². The Labute approximate surface area is 137 Å². The molecule has 3 atom stereocenters. The average molecular weight is 352 g/mol. The predicted octanol–water partition coefficient (Wildman–Crippen LogP) is 3.29. The van der Waals surface area contributed by atoms with Crippen molar-refractivity contribution in [1.29, 1.82) is 0 Å². The van der Waals surface area contributed by atoms with E-state index in [0.29, 0.717) is 6.61 Å². The Balaban J connectivity index is 2.69. The number of ether oxygens (including phenoxy) is 2. The highest BCUT2D eigenvalue weighted by Crippen LogP contribution is 2.30. The van der Waals surface area contributed by atoms with Crippen LogP contribution in [-0.4, -0.2) is 48.8 Å². The van der Waals surface area contributed by atoms with Crippen LogP contribution in [0.3, 0.4) is 0 Å². The van der Waals surface area contributed by atoms with Crippen molar-refractivity contribution in [3.8, 4) is 0 Å². The molecule has 0 aliphatic rings. The quantitative estimate of drug-likeness (QED) is 0.421. The van der Waals surface area contributed by atoms with E-state index in [1.54, 1.807) is 13.0 Å². The number of carbonyl (C=O) groups is 1. The van der Waals surface area contributed by atoms with Crippen LogP contribution in [0.15, 0.2) is 30.3 Å². The minimum absolute atomic E-state index is 0.00846. The molecule has 24 heavy (non-hydrogen) atoms. The molecule has 0 bridgehead atoms. The number of carbonyl (C=O) groups excluding carboxylic acids is 1. The van der Waals surface area contributed by atoms with Gasteiger partial charge in [-0.05, 0) is 25.5 Å². The van der Waals surface area contributed by atoms with Crippen LogP contribution < -0.4 is 0 Å². The number of aliphatic hydroxyl groups is 1. The fourth-order valence-corrected chi connectivity index (χ4v) is 1.97. The molecule has 0 spiro atoms. The van der Waals surface area contributed by atoms with Crippen molar-refractivity contribution in [2.75, 3.05) is 13.2 Å². The summed E-state index contributed by atoms with van der Waals surface area (Å²) in [7, 11) is 0. The topological polar surface area (TPSA) is 55.8 Å². The highest BCUT2D eigenvalue weighted by Gasteiger charge is 2.49. The van der Waals surface area contributed by atoms with E-state index in [1.807, 2.05) is 0 Å². The predicted molar refractivity (Wildman–Crippen MR) is 78.3 cm³/mol. The molecule has 4 nitrogen and oxygen atoms in total. The van der Waals surface area contributed by atoms with Crippen molar-refractivity contribution in [1.82, 2.24) is 0 Å². The molecule has 0 radical (unpaired) electrons. The summed E-state index contributed by atoms with van der Waals surface area (Å²) in [4.78, 5) is 11.7. The van der Waals surface area contributed by atoms with Gasteiger partial charge in [-0.15, -0.1) is 0 Å². The molecule has 0 aliphatic carbocycles. The van der Waals surface area contributed by atoms with Crippen LogP contribution in [0.1, 0.15) is 30.1 Å². The first-order chi connectivity index (χ1) is 11.3. The normalized spacial score (nSPS) is 15.6. The maximum atomic E-state index is 14.0. The SMILES string of the molecule is CCOCCC(O)CC(F)C(OC(=O)c1ccccc1)C(F)(F)F. The molecular weight excluding hydrogens is 332 g/mol. The van der Waals surface area contributed by atoms with Crippen molar-refractivity contribution >= 4 is 5.97 Å². The molecule has 8 heteroatoms. The van der Waals surface area contributed by atoms with Gasteiger partial charge in [-0.3, -0.25) is 0 Å². The zero-order valence-electron chi connectivity index (χ0n) is 13.1. The summed E-state index contributed by atoms with van der Waals surface area (Å²) in [5, 5.41) is 9.58. The Morgan fingerprint density at radius 1 is 1.25 bits per heavy atom. The van der Waals surface area contributed by atoms with Crippen LogP contribution in [0, 0.1) is 0 Å². The lowest BCUT2D eigenvalue weighted by Gasteiger charge is -2.25. The van der Waals surface area contributed by atoms with Gasteiger partial charge in [-0.25, -0.2) is 9.18 Å². The minimum atomic E-state index is -5.08. The van der Waals surface area contributed by atoms with Crippen molar-refractivity contribution in [2.24, 2.45) is 0 Å². The molecule has 136 valence electrons. The lowest BCUT2D eigenvalue weighted by Crippen LogP contribution is -2.43. The molecular formula is C16H20F4O4. The van der Waals surface area contributed by atoms with Crippen LogP contribution in [0.2, 0.25) is 0 Å². The minimum Gasteiger partial charge on any atom is -0.446 e. The van der Waals surface area contributed by atoms with Gasteiger partial charge in [0.15, 0.2) is 0 Å². The Bertz CT molecular complexity index is 493. The molecule has 0 saturated heterocycles. The van der Waals surface area contributed by atoms with E-state index >= 15 is 0 Å². The fraction of sp³-hybridized carbons (Fsp3) is 0.562. The molecule has 0 aliphatic heterocycles. The maximum Gasteiger partial charge on any atom is 0.428 e. The Morgan fingerprint density at radius 2 is 1.88 bits per heavy atom. The zero-order chi connectivity index (χ0) is 18.2. The third-order valence-corrected chi connectivity index (χ3v) is 3.19. The number of aliphatic hydroxyl groups excluding tert-OH is 1. The number of alkyl halides is 4. The summed E-state index contributed by atoms with van der Waals surface area (Å²) in [6.45, 7) is 2.20. The first-order valence-corrected chi connectivity index (χ1v) is 7.48. The monoisotopic (exact) mass is 352 g/mol. The van der Waals surface area contributed by atoms with E-state index in [-0.39, 0.29) is 18.6 Å². The number of esters is 1. The summed E-state index contributed by atoms with van der Waals surface area (Å²) in [6, 6.07) is 7.00. The van der Waals surface area contributed by atoms with E-state index in [0.717, 1.165) is 0 Å². The molecule has 0 amide bonds. The van der Waals surface area contributed by atoms with E-state index in [4.69, 9.17) is 4.74 Å². The molecule has 0 aromatic heterocycles. The average Bonchev–Trinajstić information content (AvgIpc) is 2.52. The lowest BCUT2D eigenvalue weighted by molar-refractivity contribution is -0.223. The van der Waals surface area contributed by atoms with Gasteiger partial charge in [0.1, 0.15) is 6.17 Å². The van der Waals surface area contributed by atoms with Crippen LogP contribution >= 0.6 is 0 Å². The highest BCUT2D eigenvalue weighted by atomic mass is 19.4. The number of rotatable bonds is 9. The lowest BCUT2D eigenvalue weighted by atomic mass is 10.1. The first kappa shape index (κ1) is 20.4. The molecule has 1 aromatic rings. The first-order valence-electron chi connectivity index (χ1n) is 7.48. The second-order valence-electron chi connectivity index (χ2n) is 5.12. The largest absolute Gasteiger partial charge is 0.446 e. The number of benzene rings is 1. The molecule has 0 saturated carbocycles.